The summed E-state index contributed by atoms with van der Waals surface area (Å²) in [4.78, 5) is 11.8. The minimum Gasteiger partial charge on any atom is -0.388 e. The van der Waals surface area contributed by atoms with Gasteiger partial charge in [-0.05, 0) is 18.8 Å². The van der Waals surface area contributed by atoms with Crippen LogP contribution in [0.1, 0.15) is 52.4 Å². The molecule has 4 N–H and O–H groups in total. The summed E-state index contributed by atoms with van der Waals surface area (Å²) < 4.78 is 0. The molecule has 0 aromatic carbocycles. The molecule has 1 unspecified atom stereocenters. The zero-order chi connectivity index (χ0) is 12.9. The molecule has 1 aliphatic carbocycles. The third kappa shape index (κ3) is 4.28. The van der Waals surface area contributed by atoms with Crippen LogP contribution in [0.3, 0.4) is 0 Å². The largest absolute Gasteiger partial charge is 0.388 e. The molecule has 0 heterocycles. The van der Waals surface area contributed by atoms with Gasteiger partial charge in [-0.15, -0.1) is 0 Å². The van der Waals surface area contributed by atoms with Crippen molar-refractivity contribution >= 4 is 5.91 Å². The average molecular weight is 242 g/mol. The summed E-state index contributed by atoms with van der Waals surface area (Å²) >= 11 is 0. The van der Waals surface area contributed by atoms with Crippen molar-refractivity contribution in [2.75, 3.05) is 6.54 Å². The minimum absolute atomic E-state index is 0.140. The first-order chi connectivity index (χ1) is 7.98. The van der Waals surface area contributed by atoms with E-state index in [0.717, 1.165) is 32.1 Å². The smallest absolute Gasteiger partial charge is 0.237 e. The normalized spacial score (nSPS) is 22.8. The molecule has 100 valence electrons. The SMILES string of the molecule is CCC(C)[C@H](N)C(=O)NCC1(O)CCCCC1. The topological polar surface area (TPSA) is 75.4 Å². The van der Waals surface area contributed by atoms with E-state index in [0.29, 0.717) is 6.54 Å². The summed E-state index contributed by atoms with van der Waals surface area (Å²) in [7, 11) is 0. The van der Waals surface area contributed by atoms with Gasteiger partial charge in [-0.2, -0.15) is 0 Å². The fourth-order valence-electron chi connectivity index (χ4n) is 2.27. The Hall–Kier alpha value is -0.610. The lowest BCUT2D eigenvalue weighted by Crippen LogP contribution is -2.50. The summed E-state index contributed by atoms with van der Waals surface area (Å²) in [5.41, 5.74) is 5.13. The van der Waals surface area contributed by atoms with E-state index in [1.807, 2.05) is 13.8 Å². The van der Waals surface area contributed by atoms with Crippen molar-refractivity contribution in [1.82, 2.24) is 5.32 Å². The van der Waals surface area contributed by atoms with Crippen LogP contribution in [0.2, 0.25) is 0 Å². The zero-order valence-corrected chi connectivity index (χ0v) is 11.0. The lowest BCUT2D eigenvalue weighted by atomic mass is 9.85. The fraction of sp³-hybridized carbons (Fsp3) is 0.923. The van der Waals surface area contributed by atoms with Gasteiger partial charge in [-0.1, -0.05) is 39.5 Å². The molecule has 4 heteroatoms. The Labute approximate surface area is 104 Å². The predicted octanol–water partition coefficient (Wildman–Crippen LogP) is 1.17. The first-order valence-electron chi connectivity index (χ1n) is 6.74. The molecular formula is C13H26N2O2. The van der Waals surface area contributed by atoms with Crippen molar-refractivity contribution in [1.29, 1.82) is 0 Å². The molecule has 1 amide bonds. The highest BCUT2D eigenvalue weighted by Crippen LogP contribution is 2.27. The van der Waals surface area contributed by atoms with E-state index in [4.69, 9.17) is 5.73 Å². The van der Waals surface area contributed by atoms with Crippen molar-refractivity contribution in [3.05, 3.63) is 0 Å². The molecule has 0 saturated heterocycles. The number of amides is 1. The van der Waals surface area contributed by atoms with Crippen LogP contribution in [-0.4, -0.2) is 29.2 Å². The van der Waals surface area contributed by atoms with Gasteiger partial charge in [0.15, 0.2) is 0 Å². The second kappa shape index (κ2) is 6.36. The van der Waals surface area contributed by atoms with E-state index in [9.17, 15) is 9.90 Å². The van der Waals surface area contributed by atoms with Gasteiger partial charge in [-0.25, -0.2) is 0 Å². The van der Waals surface area contributed by atoms with Gasteiger partial charge >= 0.3 is 0 Å². The Morgan fingerprint density at radius 3 is 2.53 bits per heavy atom. The standard InChI is InChI=1S/C13H26N2O2/c1-3-10(2)11(14)12(16)15-9-13(17)7-5-4-6-8-13/h10-11,17H,3-9,14H2,1-2H3,(H,15,16)/t10?,11-/m0/s1. The second-order valence-corrected chi connectivity index (χ2v) is 5.41. The van der Waals surface area contributed by atoms with E-state index in [1.54, 1.807) is 0 Å². The monoisotopic (exact) mass is 242 g/mol. The van der Waals surface area contributed by atoms with E-state index < -0.39 is 11.6 Å². The average Bonchev–Trinajstić information content (AvgIpc) is 2.35. The Balaban J connectivity index is 2.36. The van der Waals surface area contributed by atoms with Crippen molar-refractivity contribution < 1.29 is 9.90 Å². The van der Waals surface area contributed by atoms with Crippen molar-refractivity contribution in [2.45, 2.75) is 64.0 Å². The summed E-state index contributed by atoms with van der Waals surface area (Å²) in [6, 6.07) is -0.466. The summed E-state index contributed by atoms with van der Waals surface area (Å²) in [6.45, 7) is 4.34. The van der Waals surface area contributed by atoms with E-state index in [2.05, 4.69) is 5.32 Å². The second-order valence-electron chi connectivity index (χ2n) is 5.41. The molecule has 0 radical (unpaired) electrons. The molecular weight excluding hydrogens is 216 g/mol. The molecule has 0 aromatic rings. The maximum atomic E-state index is 11.8. The molecule has 0 aliphatic heterocycles. The lowest BCUT2D eigenvalue weighted by Gasteiger charge is -2.32. The molecule has 0 spiro atoms. The molecule has 1 fully saturated rings. The molecule has 1 aliphatic rings. The van der Waals surface area contributed by atoms with Crippen LogP contribution in [-0.2, 0) is 4.79 Å². The number of rotatable bonds is 5. The molecule has 0 bridgehead atoms. The number of nitrogens with two attached hydrogens (primary N) is 1. The van der Waals surface area contributed by atoms with Gasteiger partial charge in [0.25, 0.3) is 0 Å². The Morgan fingerprint density at radius 1 is 1.41 bits per heavy atom. The van der Waals surface area contributed by atoms with Crippen molar-refractivity contribution in [2.24, 2.45) is 11.7 Å². The zero-order valence-electron chi connectivity index (χ0n) is 11.0. The molecule has 0 aromatic heterocycles. The van der Waals surface area contributed by atoms with Crippen molar-refractivity contribution in [3.63, 3.8) is 0 Å². The first-order valence-corrected chi connectivity index (χ1v) is 6.74. The molecule has 1 saturated carbocycles. The third-order valence-corrected chi connectivity index (χ3v) is 3.94. The quantitative estimate of drug-likeness (QED) is 0.677. The van der Waals surface area contributed by atoms with Crippen LogP contribution in [0.4, 0.5) is 0 Å². The Kier molecular flexibility index (Phi) is 5.40. The van der Waals surface area contributed by atoms with Gasteiger partial charge in [0.1, 0.15) is 0 Å². The highest BCUT2D eigenvalue weighted by molar-refractivity contribution is 5.81. The molecule has 17 heavy (non-hydrogen) atoms. The Bertz CT molecular complexity index is 250. The lowest BCUT2D eigenvalue weighted by molar-refractivity contribution is -0.125. The Morgan fingerprint density at radius 2 is 2.00 bits per heavy atom. The van der Waals surface area contributed by atoms with Gasteiger partial charge in [0, 0.05) is 6.54 Å². The molecule has 4 nitrogen and oxygen atoms in total. The first kappa shape index (κ1) is 14.5. The highest BCUT2D eigenvalue weighted by atomic mass is 16.3. The van der Waals surface area contributed by atoms with Gasteiger partial charge in [-0.3, -0.25) is 4.79 Å². The van der Waals surface area contributed by atoms with Crippen LogP contribution in [0.15, 0.2) is 0 Å². The maximum Gasteiger partial charge on any atom is 0.237 e. The predicted molar refractivity (Wildman–Crippen MR) is 68.5 cm³/mol. The number of carbonyl (C=O) groups is 1. The molecule has 2 atom stereocenters. The fourth-order valence-corrected chi connectivity index (χ4v) is 2.27. The number of aliphatic hydroxyl groups is 1. The van der Waals surface area contributed by atoms with Crippen LogP contribution in [0.5, 0.6) is 0 Å². The van der Waals surface area contributed by atoms with Gasteiger partial charge in [0.05, 0.1) is 11.6 Å². The van der Waals surface area contributed by atoms with Crippen LogP contribution >= 0.6 is 0 Å². The summed E-state index contributed by atoms with van der Waals surface area (Å²) in [5.74, 6) is 0.0364. The van der Waals surface area contributed by atoms with Gasteiger partial charge < -0.3 is 16.2 Å². The number of carbonyl (C=O) groups excluding carboxylic acids is 1. The van der Waals surface area contributed by atoms with Crippen LogP contribution in [0.25, 0.3) is 0 Å². The van der Waals surface area contributed by atoms with Crippen molar-refractivity contribution in [3.8, 4) is 0 Å². The van der Waals surface area contributed by atoms with Gasteiger partial charge in [0.2, 0.25) is 5.91 Å². The summed E-state index contributed by atoms with van der Waals surface area (Å²) in [6.07, 6.45) is 5.73. The third-order valence-electron chi connectivity index (χ3n) is 3.94. The van der Waals surface area contributed by atoms with E-state index in [-0.39, 0.29) is 11.8 Å². The van der Waals surface area contributed by atoms with E-state index in [1.165, 1.54) is 6.42 Å². The molecule has 1 rings (SSSR count). The number of hydrogen-bond acceptors (Lipinski definition) is 3. The summed E-state index contributed by atoms with van der Waals surface area (Å²) in [5, 5.41) is 13.0. The van der Waals surface area contributed by atoms with Crippen LogP contribution < -0.4 is 11.1 Å². The number of hydrogen-bond donors (Lipinski definition) is 3. The minimum atomic E-state index is -0.705. The number of nitrogens with one attached hydrogen (secondary N) is 1. The maximum absolute atomic E-state index is 11.8. The van der Waals surface area contributed by atoms with Crippen LogP contribution in [0, 0.1) is 5.92 Å². The van der Waals surface area contributed by atoms with E-state index >= 15 is 0 Å². The highest BCUT2D eigenvalue weighted by Gasteiger charge is 2.30.